The fraction of sp³-hybridized carbons (Fsp3) is 0.625. The molecule has 0 amide bonds. The molecule has 3 aliphatic heterocycles. The van der Waals surface area contributed by atoms with Gasteiger partial charge >= 0.3 is 0 Å². The van der Waals surface area contributed by atoms with Gasteiger partial charge in [-0.1, -0.05) is 18.2 Å². The van der Waals surface area contributed by atoms with Gasteiger partial charge < -0.3 is 14.6 Å². The van der Waals surface area contributed by atoms with Crippen molar-refractivity contribution >= 4 is 0 Å². The van der Waals surface area contributed by atoms with E-state index in [1.54, 1.807) is 0 Å². The molecular formula is C16H20O3. The van der Waals surface area contributed by atoms with Crippen LogP contribution in [0.15, 0.2) is 18.2 Å². The van der Waals surface area contributed by atoms with Gasteiger partial charge in [0.15, 0.2) is 0 Å². The lowest BCUT2D eigenvalue weighted by Crippen LogP contribution is -2.24. The standard InChI is InChI=1S/C16H20O3/c17-15(13-9-11-6-7-14(13)19-11)12-5-1-3-10-4-2-8-18-16(10)12/h1,3,5,11,13-15,17H,2,4,6-9H2. The summed E-state index contributed by atoms with van der Waals surface area (Å²) in [7, 11) is 0. The Hall–Kier alpha value is -1.06. The van der Waals surface area contributed by atoms with E-state index >= 15 is 0 Å². The molecule has 0 aliphatic carbocycles. The van der Waals surface area contributed by atoms with Gasteiger partial charge in [-0.05, 0) is 37.7 Å². The average molecular weight is 260 g/mol. The van der Waals surface area contributed by atoms with Gasteiger partial charge in [0.1, 0.15) is 5.75 Å². The van der Waals surface area contributed by atoms with Gasteiger partial charge in [0, 0.05) is 11.5 Å². The molecule has 0 spiro atoms. The highest BCUT2D eigenvalue weighted by molar-refractivity contribution is 5.44. The molecular weight excluding hydrogens is 240 g/mol. The van der Waals surface area contributed by atoms with E-state index in [1.165, 1.54) is 5.56 Å². The number of rotatable bonds is 2. The van der Waals surface area contributed by atoms with Gasteiger partial charge in [-0.2, -0.15) is 0 Å². The minimum atomic E-state index is -0.441. The molecule has 2 fully saturated rings. The third-order valence-corrected chi connectivity index (χ3v) is 4.84. The summed E-state index contributed by atoms with van der Waals surface area (Å²) in [5.74, 6) is 1.18. The highest BCUT2D eigenvalue weighted by atomic mass is 16.5. The Bertz CT molecular complexity index is 485. The number of benzene rings is 1. The van der Waals surface area contributed by atoms with E-state index in [0.29, 0.717) is 6.10 Å². The van der Waals surface area contributed by atoms with Crippen LogP contribution < -0.4 is 4.74 Å². The van der Waals surface area contributed by atoms with Gasteiger partial charge in [-0.15, -0.1) is 0 Å². The smallest absolute Gasteiger partial charge is 0.128 e. The Kier molecular flexibility index (Phi) is 2.78. The zero-order valence-electron chi connectivity index (χ0n) is 11.0. The number of aryl methyl sites for hydroxylation is 1. The van der Waals surface area contributed by atoms with E-state index < -0.39 is 6.10 Å². The van der Waals surface area contributed by atoms with Crippen LogP contribution in [0.5, 0.6) is 5.75 Å². The van der Waals surface area contributed by atoms with Crippen molar-refractivity contribution in [3.63, 3.8) is 0 Å². The van der Waals surface area contributed by atoms with Crippen molar-refractivity contribution < 1.29 is 14.6 Å². The largest absolute Gasteiger partial charge is 0.493 e. The summed E-state index contributed by atoms with van der Waals surface area (Å²) in [5, 5.41) is 10.7. The Morgan fingerprint density at radius 3 is 3.00 bits per heavy atom. The van der Waals surface area contributed by atoms with Crippen LogP contribution in [-0.4, -0.2) is 23.9 Å². The first kappa shape index (κ1) is 11.7. The van der Waals surface area contributed by atoms with Gasteiger partial charge in [0.2, 0.25) is 0 Å². The molecule has 4 atom stereocenters. The van der Waals surface area contributed by atoms with Crippen LogP contribution in [-0.2, 0) is 11.2 Å². The van der Waals surface area contributed by atoms with Crippen molar-refractivity contribution in [2.45, 2.75) is 50.4 Å². The molecule has 1 aromatic carbocycles. The first-order valence-electron chi connectivity index (χ1n) is 7.41. The summed E-state index contributed by atoms with van der Waals surface area (Å²) in [6.45, 7) is 0.768. The van der Waals surface area contributed by atoms with E-state index in [4.69, 9.17) is 9.47 Å². The van der Waals surface area contributed by atoms with Crippen molar-refractivity contribution in [1.82, 2.24) is 0 Å². The van der Waals surface area contributed by atoms with Crippen LogP contribution in [0.2, 0.25) is 0 Å². The molecule has 4 unspecified atom stereocenters. The minimum Gasteiger partial charge on any atom is -0.493 e. The van der Waals surface area contributed by atoms with E-state index in [0.717, 1.165) is 50.0 Å². The molecule has 0 radical (unpaired) electrons. The first-order valence-corrected chi connectivity index (χ1v) is 7.41. The predicted molar refractivity (Wildman–Crippen MR) is 71.2 cm³/mol. The topological polar surface area (TPSA) is 38.7 Å². The molecule has 2 saturated heterocycles. The molecule has 1 N–H and O–H groups in total. The molecule has 1 aromatic rings. The number of ether oxygens (including phenoxy) is 2. The monoisotopic (exact) mass is 260 g/mol. The predicted octanol–water partition coefficient (Wildman–Crippen LogP) is 2.61. The third kappa shape index (κ3) is 1.87. The maximum Gasteiger partial charge on any atom is 0.128 e. The lowest BCUT2D eigenvalue weighted by atomic mass is 9.82. The molecule has 3 heterocycles. The highest BCUT2D eigenvalue weighted by Crippen LogP contribution is 2.47. The molecule has 2 bridgehead atoms. The lowest BCUT2D eigenvalue weighted by Gasteiger charge is -2.28. The summed E-state index contributed by atoms with van der Waals surface area (Å²) >= 11 is 0. The van der Waals surface area contributed by atoms with Crippen molar-refractivity contribution in [3.8, 4) is 5.75 Å². The molecule has 3 heteroatoms. The van der Waals surface area contributed by atoms with Crippen molar-refractivity contribution in [3.05, 3.63) is 29.3 Å². The van der Waals surface area contributed by atoms with Gasteiger partial charge in [-0.25, -0.2) is 0 Å². The normalized spacial score (nSPS) is 33.8. The van der Waals surface area contributed by atoms with Crippen LogP contribution in [0, 0.1) is 5.92 Å². The van der Waals surface area contributed by atoms with E-state index in [-0.39, 0.29) is 12.0 Å². The van der Waals surface area contributed by atoms with Gasteiger partial charge in [-0.3, -0.25) is 0 Å². The van der Waals surface area contributed by atoms with Crippen LogP contribution in [0.4, 0.5) is 0 Å². The number of para-hydroxylation sites is 1. The number of aliphatic hydroxyl groups is 1. The molecule has 3 aliphatic rings. The lowest BCUT2D eigenvalue weighted by molar-refractivity contribution is 0.0406. The molecule has 19 heavy (non-hydrogen) atoms. The van der Waals surface area contributed by atoms with E-state index in [2.05, 4.69) is 6.07 Å². The summed E-state index contributed by atoms with van der Waals surface area (Å²) in [6, 6.07) is 6.17. The molecule has 3 nitrogen and oxygen atoms in total. The summed E-state index contributed by atoms with van der Waals surface area (Å²) in [4.78, 5) is 0. The molecule has 0 saturated carbocycles. The Balaban J connectivity index is 1.65. The second-order valence-corrected chi connectivity index (χ2v) is 6.01. The maximum atomic E-state index is 10.7. The van der Waals surface area contributed by atoms with E-state index in [1.807, 2.05) is 12.1 Å². The van der Waals surface area contributed by atoms with Gasteiger partial charge in [0.25, 0.3) is 0 Å². The maximum absolute atomic E-state index is 10.7. The average Bonchev–Trinajstić information content (AvgIpc) is 3.08. The van der Waals surface area contributed by atoms with Gasteiger partial charge in [0.05, 0.1) is 24.9 Å². The molecule has 102 valence electrons. The Morgan fingerprint density at radius 1 is 1.26 bits per heavy atom. The second kappa shape index (κ2) is 4.50. The minimum absolute atomic E-state index is 0.246. The second-order valence-electron chi connectivity index (χ2n) is 6.01. The van der Waals surface area contributed by atoms with Crippen LogP contribution in [0.25, 0.3) is 0 Å². The number of hydrogen-bond donors (Lipinski definition) is 1. The van der Waals surface area contributed by atoms with Crippen molar-refractivity contribution in [1.29, 1.82) is 0 Å². The van der Waals surface area contributed by atoms with Crippen molar-refractivity contribution in [2.24, 2.45) is 5.92 Å². The zero-order valence-corrected chi connectivity index (χ0v) is 11.0. The molecule has 4 rings (SSSR count). The Morgan fingerprint density at radius 2 is 2.21 bits per heavy atom. The fourth-order valence-electron chi connectivity index (χ4n) is 3.89. The molecule has 0 aromatic heterocycles. The summed E-state index contributed by atoms with van der Waals surface area (Å²) in [6.07, 6.45) is 5.58. The third-order valence-electron chi connectivity index (χ3n) is 4.84. The van der Waals surface area contributed by atoms with Crippen LogP contribution in [0.1, 0.15) is 42.9 Å². The quantitative estimate of drug-likeness (QED) is 0.888. The van der Waals surface area contributed by atoms with Crippen molar-refractivity contribution in [2.75, 3.05) is 6.61 Å². The van der Waals surface area contributed by atoms with Crippen LogP contribution >= 0.6 is 0 Å². The highest BCUT2D eigenvalue weighted by Gasteiger charge is 2.45. The zero-order chi connectivity index (χ0) is 12.8. The van der Waals surface area contributed by atoms with E-state index in [9.17, 15) is 5.11 Å². The number of fused-ring (bicyclic) bond motifs is 3. The Labute approximate surface area is 113 Å². The number of aliphatic hydroxyl groups excluding tert-OH is 1. The fourth-order valence-corrected chi connectivity index (χ4v) is 3.89. The first-order chi connectivity index (χ1) is 9.33. The summed E-state index contributed by atoms with van der Waals surface area (Å²) < 4.78 is 11.7. The van der Waals surface area contributed by atoms with Crippen LogP contribution in [0.3, 0.4) is 0 Å². The number of hydrogen-bond acceptors (Lipinski definition) is 3. The summed E-state index contributed by atoms with van der Waals surface area (Å²) in [5.41, 5.74) is 2.21. The SMILES string of the molecule is OC(c1cccc2c1OCCC2)C1CC2CCC1O2.